The summed E-state index contributed by atoms with van der Waals surface area (Å²) in [6.07, 6.45) is 1.59. The standard InChI is InChI=1S/C9H8BrClN4O/c1-5-2-6(15-16-5)3-12-8-7(10)4-13-9(11)14-8/h2,4H,3H2,1H3,(H,12,13,14). The molecule has 7 heteroatoms. The minimum atomic E-state index is 0.196. The highest BCUT2D eigenvalue weighted by Gasteiger charge is 2.05. The van der Waals surface area contributed by atoms with Crippen molar-refractivity contribution in [3.63, 3.8) is 0 Å². The summed E-state index contributed by atoms with van der Waals surface area (Å²) in [7, 11) is 0. The van der Waals surface area contributed by atoms with Crippen molar-refractivity contribution in [2.75, 3.05) is 5.32 Å². The lowest BCUT2D eigenvalue weighted by atomic mass is 10.4. The topological polar surface area (TPSA) is 63.8 Å². The molecule has 2 aromatic rings. The maximum absolute atomic E-state index is 5.69. The van der Waals surface area contributed by atoms with Crippen LogP contribution in [-0.4, -0.2) is 15.1 Å². The van der Waals surface area contributed by atoms with Crippen LogP contribution in [0.15, 0.2) is 21.3 Å². The number of aryl methyl sites for hydroxylation is 1. The van der Waals surface area contributed by atoms with Gasteiger partial charge in [-0.1, -0.05) is 5.16 Å². The second-order valence-corrected chi connectivity index (χ2v) is 4.31. The second-order valence-electron chi connectivity index (χ2n) is 3.12. The third-order valence-corrected chi connectivity index (χ3v) is 2.59. The molecule has 0 radical (unpaired) electrons. The van der Waals surface area contributed by atoms with Gasteiger partial charge in [-0.15, -0.1) is 0 Å². The molecule has 2 rings (SSSR count). The lowest BCUT2D eigenvalue weighted by molar-refractivity contribution is 0.391. The average Bonchev–Trinajstić information content (AvgIpc) is 2.66. The number of nitrogens with one attached hydrogen (secondary N) is 1. The van der Waals surface area contributed by atoms with Crippen LogP contribution in [0.2, 0.25) is 5.28 Å². The zero-order chi connectivity index (χ0) is 11.5. The molecular formula is C9H8BrClN4O. The predicted octanol–water partition coefficient (Wildman–Crippen LogP) is 2.80. The number of nitrogens with zero attached hydrogens (tertiary/aromatic N) is 3. The summed E-state index contributed by atoms with van der Waals surface area (Å²) in [5.41, 5.74) is 0.805. The monoisotopic (exact) mass is 302 g/mol. The summed E-state index contributed by atoms with van der Waals surface area (Å²) in [5.74, 6) is 1.40. The Hall–Kier alpha value is -1.14. The van der Waals surface area contributed by atoms with Gasteiger partial charge < -0.3 is 9.84 Å². The molecule has 2 aromatic heterocycles. The van der Waals surface area contributed by atoms with Gasteiger partial charge in [-0.05, 0) is 34.5 Å². The second kappa shape index (κ2) is 4.80. The van der Waals surface area contributed by atoms with Gasteiger partial charge in [-0.25, -0.2) is 4.98 Å². The molecule has 84 valence electrons. The number of anilines is 1. The van der Waals surface area contributed by atoms with Crippen molar-refractivity contribution >= 4 is 33.3 Å². The maximum Gasteiger partial charge on any atom is 0.224 e. The largest absolute Gasteiger partial charge is 0.363 e. The zero-order valence-electron chi connectivity index (χ0n) is 8.37. The molecule has 0 bridgehead atoms. The van der Waals surface area contributed by atoms with E-state index in [9.17, 15) is 0 Å². The lowest BCUT2D eigenvalue weighted by Gasteiger charge is -2.04. The fourth-order valence-electron chi connectivity index (χ4n) is 1.15. The van der Waals surface area contributed by atoms with Crippen LogP contribution < -0.4 is 5.32 Å². The Morgan fingerprint density at radius 3 is 3.06 bits per heavy atom. The van der Waals surface area contributed by atoms with Gasteiger partial charge in [-0.3, -0.25) is 0 Å². The Labute approximate surface area is 105 Å². The average molecular weight is 304 g/mol. The normalized spacial score (nSPS) is 10.4. The lowest BCUT2D eigenvalue weighted by Crippen LogP contribution is -2.03. The molecule has 0 unspecified atom stereocenters. The quantitative estimate of drug-likeness (QED) is 0.883. The predicted molar refractivity (Wildman–Crippen MR) is 63.3 cm³/mol. The molecule has 0 aliphatic heterocycles. The summed E-state index contributed by atoms with van der Waals surface area (Å²) >= 11 is 9.00. The Morgan fingerprint density at radius 1 is 1.56 bits per heavy atom. The number of halogens is 2. The van der Waals surface area contributed by atoms with Gasteiger partial charge in [-0.2, -0.15) is 4.98 Å². The van der Waals surface area contributed by atoms with Crippen molar-refractivity contribution in [3.05, 3.63) is 33.5 Å². The Kier molecular flexibility index (Phi) is 3.40. The number of aromatic nitrogens is 3. The first kappa shape index (κ1) is 11.3. The molecule has 0 atom stereocenters. The highest BCUT2D eigenvalue weighted by Crippen LogP contribution is 2.20. The maximum atomic E-state index is 5.69. The first-order valence-electron chi connectivity index (χ1n) is 4.49. The molecule has 0 amide bonds. The van der Waals surface area contributed by atoms with Gasteiger partial charge >= 0.3 is 0 Å². The number of hydrogen-bond acceptors (Lipinski definition) is 5. The van der Waals surface area contributed by atoms with E-state index in [1.54, 1.807) is 6.20 Å². The van der Waals surface area contributed by atoms with Crippen molar-refractivity contribution in [2.24, 2.45) is 0 Å². The van der Waals surface area contributed by atoms with Gasteiger partial charge in [0.15, 0.2) is 0 Å². The van der Waals surface area contributed by atoms with E-state index in [1.165, 1.54) is 0 Å². The van der Waals surface area contributed by atoms with Crippen molar-refractivity contribution in [1.82, 2.24) is 15.1 Å². The van der Waals surface area contributed by atoms with Crippen LogP contribution in [0.25, 0.3) is 0 Å². The van der Waals surface area contributed by atoms with Crippen LogP contribution >= 0.6 is 27.5 Å². The summed E-state index contributed by atoms with van der Waals surface area (Å²) in [6.45, 7) is 2.36. The van der Waals surface area contributed by atoms with Gasteiger partial charge in [0, 0.05) is 12.3 Å². The smallest absolute Gasteiger partial charge is 0.224 e. The van der Waals surface area contributed by atoms with Crippen LogP contribution in [0.4, 0.5) is 5.82 Å². The summed E-state index contributed by atoms with van der Waals surface area (Å²) in [5, 5.41) is 7.13. The summed E-state index contributed by atoms with van der Waals surface area (Å²) < 4.78 is 5.69. The first-order chi connectivity index (χ1) is 7.65. The zero-order valence-corrected chi connectivity index (χ0v) is 10.7. The minimum absolute atomic E-state index is 0.196. The van der Waals surface area contributed by atoms with Crippen molar-refractivity contribution in [3.8, 4) is 0 Å². The van der Waals surface area contributed by atoms with Gasteiger partial charge in [0.2, 0.25) is 5.28 Å². The number of rotatable bonds is 3. The van der Waals surface area contributed by atoms with E-state index in [4.69, 9.17) is 16.1 Å². The van der Waals surface area contributed by atoms with E-state index in [2.05, 4.69) is 36.4 Å². The van der Waals surface area contributed by atoms with Crippen LogP contribution in [-0.2, 0) is 6.54 Å². The molecule has 5 nitrogen and oxygen atoms in total. The molecule has 0 fully saturated rings. The SMILES string of the molecule is Cc1cc(CNc2nc(Cl)ncc2Br)no1. The summed E-state index contributed by atoms with van der Waals surface area (Å²) in [4.78, 5) is 7.86. The fourth-order valence-corrected chi connectivity index (χ4v) is 1.61. The summed E-state index contributed by atoms with van der Waals surface area (Å²) in [6, 6.07) is 1.85. The Morgan fingerprint density at radius 2 is 2.38 bits per heavy atom. The van der Waals surface area contributed by atoms with Crippen molar-refractivity contribution < 1.29 is 4.52 Å². The van der Waals surface area contributed by atoms with E-state index in [-0.39, 0.29) is 5.28 Å². The van der Waals surface area contributed by atoms with E-state index in [1.807, 2.05) is 13.0 Å². The van der Waals surface area contributed by atoms with Crippen LogP contribution in [0.1, 0.15) is 11.5 Å². The third-order valence-electron chi connectivity index (χ3n) is 1.83. The molecule has 0 aromatic carbocycles. The molecule has 0 saturated heterocycles. The van der Waals surface area contributed by atoms with E-state index in [0.717, 1.165) is 15.9 Å². The van der Waals surface area contributed by atoms with E-state index >= 15 is 0 Å². The van der Waals surface area contributed by atoms with Gasteiger partial charge in [0.1, 0.15) is 17.3 Å². The molecule has 0 aliphatic rings. The Bertz CT molecular complexity index is 502. The molecule has 16 heavy (non-hydrogen) atoms. The van der Waals surface area contributed by atoms with Crippen LogP contribution in [0, 0.1) is 6.92 Å². The van der Waals surface area contributed by atoms with Gasteiger partial charge in [0.05, 0.1) is 11.0 Å². The first-order valence-corrected chi connectivity index (χ1v) is 5.66. The third kappa shape index (κ3) is 2.70. The fraction of sp³-hybridized carbons (Fsp3) is 0.222. The van der Waals surface area contributed by atoms with E-state index < -0.39 is 0 Å². The highest BCUT2D eigenvalue weighted by atomic mass is 79.9. The molecule has 0 aliphatic carbocycles. The Balaban J connectivity index is 2.07. The van der Waals surface area contributed by atoms with Crippen molar-refractivity contribution in [2.45, 2.75) is 13.5 Å². The van der Waals surface area contributed by atoms with Gasteiger partial charge in [0.25, 0.3) is 0 Å². The van der Waals surface area contributed by atoms with Crippen LogP contribution in [0.5, 0.6) is 0 Å². The molecule has 2 heterocycles. The molecule has 0 saturated carbocycles. The molecular weight excluding hydrogens is 295 g/mol. The molecule has 1 N–H and O–H groups in total. The minimum Gasteiger partial charge on any atom is -0.363 e. The van der Waals surface area contributed by atoms with Crippen molar-refractivity contribution in [1.29, 1.82) is 0 Å². The van der Waals surface area contributed by atoms with Crippen LogP contribution in [0.3, 0.4) is 0 Å². The number of hydrogen-bond donors (Lipinski definition) is 1. The van der Waals surface area contributed by atoms with E-state index in [0.29, 0.717) is 12.4 Å². The highest BCUT2D eigenvalue weighted by molar-refractivity contribution is 9.10. The molecule has 0 spiro atoms.